The number of phosphoric ester groups is 4. The number of anilines is 1. The van der Waals surface area contributed by atoms with Gasteiger partial charge in [-0.05, 0) is 42.9 Å². The molecule has 3 heterocycles. The summed E-state index contributed by atoms with van der Waals surface area (Å²) in [6.07, 6.45) is -0.530. The van der Waals surface area contributed by atoms with Gasteiger partial charge < -0.3 is 75.6 Å². The topological polar surface area (TPSA) is 520 Å². The Kier molecular flexibility index (Phi) is 26.6. The third-order valence-corrected chi connectivity index (χ3v) is 17.8. The number of aliphatic carboxylic acids is 1. The lowest BCUT2D eigenvalue weighted by molar-refractivity contribution is -0.138. The van der Waals surface area contributed by atoms with E-state index in [0.717, 1.165) is 66.0 Å². The number of benzene rings is 1. The van der Waals surface area contributed by atoms with Gasteiger partial charge >= 0.3 is 43.3 Å². The van der Waals surface area contributed by atoms with E-state index in [2.05, 4.69) is 44.3 Å². The Morgan fingerprint density at radius 1 is 0.907 bits per heavy atom. The molecule has 40 heteroatoms. The second kappa shape index (κ2) is 31.9. The van der Waals surface area contributed by atoms with Crippen molar-refractivity contribution in [3.8, 4) is 5.75 Å². The zero-order valence-electron chi connectivity index (χ0n) is 46.7. The summed E-state index contributed by atoms with van der Waals surface area (Å²) in [5.74, 6) is -3.21. The summed E-state index contributed by atoms with van der Waals surface area (Å²) in [6.45, 7) is -0.854. The molecular weight excluding hydrogens is 1250 g/mol. The lowest BCUT2D eigenvalue weighted by Crippen LogP contribution is -2.52. The summed E-state index contributed by atoms with van der Waals surface area (Å²) in [5.41, 5.74) is 4.48. The standard InChI is InChI=1S/C46H72N10O25P4S/c1-46(2,25-77-85(74,75)81-84(72,73)76-24-32-38(80-83(69,70)71)37(61)44(78-32)56-27-52-36-40(47)50-26-51-41(36)56)39(62)42(63)49-18-17-33(57)48-19-21-86-35(60)16-15-31(43(64)54(3)20-7-10-28-8-5-4-6-9-28)53-45(65)55(23-34(58)59)22-29-11-13-30(14-12-29)79-82(66,67)68/h11-14,26-28,31-32,37-39,44,61-62H,4-10,15-25H2,1-3H3,(H,48,57)(H,49,63)(H,53,65)(H,58,59)(H,72,73)(H,74,75)(H2,47,50,51)(H2,66,67,68)(H2,69,70,71). The van der Waals surface area contributed by atoms with Crippen molar-refractivity contribution in [2.24, 2.45) is 11.3 Å². The summed E-state index contributed by atoms with van der Waals surface area (Å²) in [7, 11) is -19.9. The minimum absolute atomic E-state index is 0.000664. The lowest BCUT2D eigenvalue weighted by atomic mass is 9.86. The molecule has 14 N–H and O–H groups in total. The van der Waals surface area contributed by atoms with Gasteiger partial charge in [-0.3, -0.25) is 51.9 Å². The third kappa shape index (κ3) is 23.5. The van der Waals surface area contributed by atoms with Crippen LogP contribution in [0.15, 0.2) is 36.9 Å². The van der Waals surface area contributed by atoms with Crippen molar-refractivity contribution in [2.75, 3.05) is 57.9 Å². The van der Waals surface area contributed by atoms with Crippen LogP contribution in [0.2, 0.25) is 0 Å². The number of hydrogen-bond donors (Lipinski definition) is 13. The van der Waals surface area contributed by atoms with Gasteiger partial charge in [0.1, 0.15) is 54.6 Å². The molecule has 1 aliphatic heterocycles. The van der Waals surface area contributed by atoms with Crippen molar-refractivity contribution in [1.29, 1.82) is 0 Å². The fraction of sp³-hybridized carbons (Fsp3) is 0.630. The maximum Gasteiger partial charge on any atom is 0.524 e. The number of imidazole rings is 1. The molecule has 8 unspecified atom stereocenters. The Hall–Kier alpha value is -5.06. The highest BCUT2D eigenvalue weighted by atomic mass is 32.2. The van der Waals surface area contributed by atoms with E-state index >= 15 is 0 Å². The molecular formula is C46H72N10O25P4S. The SMILES string of the molecule is CN(CCCC1CCCCC1)C(=O)C(CCC(=O)SCCNC(=O)CCNC(=O)C(O)C(C)(C)COP(=O)(O)OP(=O)(O)OCC1OC(n2cnc3c(N)ncnc32)C(O)C1OP(=O)(O)O)NC(=O)N(CC(=O)O)Cc1ccc(OP(=O)(O)O)cc1. The van der Waals surface area contributed by atoms with Crippen LogP contribution >= 0.6 is 43.1 Å². The Morgan fingerprint density at radius 3 is 2.23 bits per heavy atom. The molecule has 1 aromatic carbocycles. The maximum absolute atomic E-state index is 13.8. The first-order valence-corrected chi connectivity index (χ1v) is 33.6. The molecule has 8 atom stereocenters. The highest BCUT2D eigenvalue weighted by Gasteiger charge is 2.50. The zero-order valence-corrected chi connectivity index (χ0v) is 51.1. The number of aliphatic hydroxyl groups excluding tert-OH is 2. The number of urea groups is 1. The quantitative estimate of drug-likeness (QED) is 0.0297. The van der Waals surface area contributed by atoms with Crippen LogP contribution in [0.4, 0.5) is 10.6 Å². The number of nitrogens with two attached hydrogens (primary N) is 1. The smallest absolute Gasteiger partial charge is 0.480 e. The molecule has 1 saturated carbocycles. The second-order valence-corrected chi connectivity index (χ2v) is 27.3. The first-order chi connectivity index (χ1) is 40.1. The molecule has 482 valence electrons. The van der Waals surface area contributed by atoms with Gasteiger partial charge in [0.2, 0.25) is 17.7 Å². The number of amides is 5. The van der Waals surface area contributed by atoms with E-state index in [0.29, 0.717) is 24.4 Å². The average molecular weight is 1320 g/mol. The minimum Gasteiger partial charge on any atom is -0.480 e. The number of carbonyl (C=O) groups is 6. The molecule has 2 aromatic heterocycles. The predicted octanol–water partition coefficient (Wildman–Crippen LogP) is 1.40. The van der Waals surface area contributed by atoms with Crippen molar-refractivity contribution >= 4 is 94.9 Å². The molecule has 0 spiro atoms. The second-order valence-electron chi connectivity index (χ2n) is 20.7. The number of carboxylic acid groups (broad SMARTS) is 1. The summed E-state index contributed by atoms with van der Waals surface area (Å²) < 4.78 is 78.5. The molecule has 0 bridgehead atoms. The molecule has 86 heavy (non-hydrogen) atoms. The fourth-order valence-electron chi connectivity index (χ4n) is 8.97. The normalized spacial score (nSPS) is 19.8. The Morgan fingerprint density at radius 2 is 1.58 bits per heavy atom. The summed E-state index contributed by atoms with van der Waals surface area (Å²) in [4.78, 5) is 150. The fourth-order valence-corrected chi connectivity index (χ4v) is 12.9. The zero-order chi connectivity index (χ0) is 63.8. The van der Waals surface area contributed by atoms with Gasteiger partial charge in [0.15, 0.2) is 22.8 Å². The maximum atomic E-state index is 13.8. The van der Waals surface area contributed by atoms with Crippen molar-refractivity contribution in [1.82, 2.24) is 45.3 Å². The number of likely N-dealkylation sites (N-methyl/N-ethyl adjacent to an activating group) is 1. The number of nitrogens with one attached hydrogen (secondary N) is 3. The van der Waals surface area contributed by atoms with E-state index in [1.165, 1.54) is 49.4 Å². The Labute approximate surface area is 496 Å². The van der Waals surface area contributed by atoms with E-state index in [1.807, 2.05) is 0 Å². The van der Waals surface area contributed by atoms with E-state index in [4.69, 9.17) is 29.3 Å². The van der Waals surface area contributed by atoms with Crippen LogP contribution < -0.4 is 26.2 Å². The van der Waals surface area contributed by atoms with Crippen molar-refractivity contribution in [2.45, 2.75) is 121 Å². The van der Waals surface area contributed by atoms with Crippen LogP contribution in [0.25, 0.3) is 11.2 Å². The monoisotopic (exact) mass is 1320 g/mol. The van der Waals surface area contributed by atoms with Gasteiger partial charge in [-0.15, -0.1) is 0 Å². The number of carboxylic acids is 1. The third-order valence-electron chi connectivity index (χ3n) is 13.3. The molecule has 2 fully saturated rings. The molecule has 35 nitrogen and oxygen atoms in total. The van der Waals surface area contributed by atoms with Crippen molar-refractivity contribution in [3.63, 3.8) is 0 Å². The number of nitrogen functional groups attached to an aromatic ring is 1. The Bertz CT molecular complexity index is 3020. The predicted molar refractivity (Wildman–Crippen MR) is 299 cm³/mol. The van der Waals surface area contributed by atoms with Crippen molar-refractivity contribution in [3.05, 3.63) is 42.5 Å². The molecule has 2 aliphatic rings. The number of hydrogen-bond acceptors (Lipinski definition) is 23. The van der Waals surface area contributed by atoms with Crippen LogP contribution in [-0.4, -0.2) is 191 Å². The highest BCUT2D eigenvalue weighted by molar-refractivity contribution is 8.13. The van der Waals surface area contributed by atoms with E-state index < -0.39 is 128 Å². The number of carbonyl (C=O) groups excluding carboxylic acids is 5. The molecule has 5 amide bonds. The molecule has 1 saturated heterocycles. The van der Waals surface area contributed by atoms with Crippen LogP contribution in [0.5, 0.6) is 5.75 Å². The number of rotatable bonds is 34. The van der Waals surface area contributed by atoms with Gasteiger partial charge in [0.05, 0.1) is 19.5 Å². The van der Waals surface area contributed by atoms with Gasteiger partial charge in [-0.25, -0.2) is 38.0 Å². The van der Waals surface area contributed by atoms with Crippen LogP contribution in [0, 0.1) is 11.3 Å². The number of fused-ring (bicyclic) bond motifs is 1. The van der Waals surface area contributed by atoms with E-state index in [-0.39, 0.29) is 67.4 Å². The van der Waals surface area contributed by atoms with E-state index in [9.17, 15) is 81.9 Å². The Balaban J connectivity index is 1.05. The van der Waals surface area contributed by atoms with Crippen LogP contribution in [-0.2, 0) is 71.4 Å². The van der Waals surface area contributed by atoms with Crippen LogP contribution in [0.3, 0.4) is 0 Å². The number of ether oxygens (including phenoxy) is 1. The van der Waals surface area contributed by atoms with Gasteiger partial charge in [0.25, 0.3) is 0 Å². The summed E-state index contributed by atoms with van der Waals surface area (Å²) >= 11 is 0.817. The molecule has 5 rings (SSSR count). The summed E-state index contributed by atoms with van der Waals surface area (Å²) in [5, 5.41) is 38.4. The van der Waals surface area contributed by atoms with Crippen molar-refractivity contribution < 1.29 is 119 Å². The van der Waals surface area contributed by atoms with E-state index in [1.54, 1.807) is 7.05 Å². The first kappa shape index (κ1) is 71.7. The largest absolute Gasteiger partial charge is 0.524 e. The summed E-state index contributed by atoms with van der Waals surface area (Å²) in [6, 6.07) is 2.95. The molecule has 3 aromatic rings. The number of thioether (sulfide) groups is 1. The minimum atomic E-state index is -5.66. The van der Waals surface area contributed by atoms with Gasteiger partial charge in [0, 0.05) is 57.2 Å². The lowest BCUT2D eigenvalue weighted by Gasteiger charge is -2.30. The number of nitrogens with zero attached hydrogens (tertiary/aromatic N) is 6. The average Bonchev–Trinajstić information content (AvgIpc) is 1.94. The highest BCUT2D eigenvalue weighted by Crippen LogP contribution is 2.61. The molecule has 1 aliphatic carbocycles. The first-order valence-electron chi connectivity index (χ1n) is 26.5. The van der Waals surface area contributed by atoms with Gasteiger partial charge in [-0.2, -0.15) is 4.31 Å². The number of phosphoric acid groups is 4. The number of aliphatic hydroxyl groups is 2. The molecule has 0 radical (unpaired) electrons. The van der Waals surface area contributed by atoms with Gasteiger partial charge in [-0.1, -0.05) is 69.8 Å². The number of aromatic nitrogens is 4. The van der Waals surface area contributed by atoms with Crippen LogP contribution in [0.1, 0.15) is 89.8 Å².